The Hall–Kier alpha value is -1.30. The van der Waals surface area contributed by atoms with Gasteiger partial charge in [-0.2, -0.15) is 5.26 Å². The number of allylic oxidation sites excluding steroid dienone is 1. The van der Waals surface area contributed by atoms with E-state index in [2.05, 4.69) is 0 Å². The van der Waals surface area contributed by atoms with Crippen molar-refractivity contribution in [2.75, 3.05) is 6.61 Å². The number of nitriles is 1. The van der Waals surface area contributed by atoms with Gasteiger partial charge in [0.1, 0.15) is 11.6 Å². The number of rotatable bonds is 3. The van der Waals surface area contributed by atoms with Crippen LogP contribution in [0.15, 0.2) is 11.6 Å². The summed E-state index contributed by atoms with van der Waals surface area (Å²) in [6.45, 7) is 4.07. The Morgan fingerprint density at radius 1 is 1.69 bits per heavy atom. The molecule has 0 radical (unpaired) electrons. The topological polar surface area (TPSA) is 50.1 Å². The van der Waals surface area contributed by atoms with Crippen molar-refractivity contribution in [1.82, 2.24) is 0 Å². The minimum Gasteiger partial charge on any atom is -0.462 e. The minimum atomic E-state index is -0.502. The molecule has 1 rings (SSSR count). The third-order valence-electron chi connectivity index (χ3n) is 2.15. The Morgan fingerprint density at radius 2 is 2.31 bits per heavy atom. The van der Waals surface area contributed by atoms with Crippen LogP contribution in [0.1, 0.15) is 26.7 Å². The highest BCUT2D eigenvalue weighted by Gasteiger charge is 2.36. The summed E-state index contributed by atoms with van der Waals surface area (Å²) in [6.07, 6.45) is 3.83. The van der Waals surface area contributed by atoms with Crippen LogP contribution in [0.5, 0.6) is 0 Å². The highest BCUT2D eigenvalue weighted by Crippen LogP contribution is 2.47. The van der Waals surface area contributed by atoms with Gasteiger partial charge in [0.25, 0.3) is 0 Å². The number of carbonyl (C=O) groups is 1. The first-order valence-electron chi connectivity index (χ1n) is 4.41. The van der Waals surface area contributed by atoms with E-state index in [9.17, 15) is 4.79 Å². The maximum absolute atomic E-state index is 11.2. The molecule has 1 aliphatic carbocycles. The number of esters is 1. The van der Waals surface area contributed by atoms with Crippen LogP contribution in [0, 0.1) is 16.7 Å². The lowest BCUT2D eigenvalue weighted by Crippen LogP contribution is -2.07. The first-order chi connectivity index (χ1) is 6.11. The van der Waals surface area contributed by atoms with Gasteiger partial charge < -0.3 is 4.74 Å². The van der Waals surface area contributed by atoms with E-state index in [1.807, 2.05) is 13.0 Å². The van der Waals surface area contributed by atoms with Crippen LogP contribution >= 0.6 is 0 Å². The molecule has 70 valence electrons. The van der Waals surface area contributed by atoms with Crippen LogP contribution in [0.4, 0.5) is 0 Å². The molecule has 1 aliphatic rings. The van der Waals surface area contributed by atoms with Gasteiger partial charge in [0.15, 0.2) is 0 Å². The summed E-state index contributed by atoms with van der Waals surface area (Å²) in [6, 6.07) is 1.87. The maximum Gasteiger partial charge on any atom is 0.348 e. The number of nitrogens with zero attached hydrogens (tertiary/aromatic N) is 1. The van der Waals surface area contributed by atoms with Gasteiger partial charge in [-0.05, 0) is 25.2 Å². The van der Waals surface area contributed by atoms with E-state index < -0.39 is 5.97 Å². The Morgan fingerprint density at radius 3 is 2.69 bits per heavy atom. The smallest absolute Gasteiger partial charge is 0.348 e. The molecule has 0 atom stereocenters. The van der Waals surface area contributed by atoms with Crippen LogP contribution in [-0.2, 0) is 9.53 Å². The molecule has 0 unspecified atom stereocenters. The summed E-state index contributed by atoms with van der Waals surface area (Å²) < 4.78 is 4.74. The van der Waals surface area contributed by atoms with E-state index in [0.29, 0.717) is 6.61 Å². The van der Waals surface area contributed by atoms with E-state index in [1.165, 1.54) is 0 Å². The fraction of sp³-hybridized carbons (Fsp3) is 0.600. The van der Waals surface area contributed by atoms with Gasteiger partial charge in [-0.3, -0.25) is 0 Å². The summed E-state index contributed by atoms with van der Waals surface area (Å²) in [5, 5.41) is 8.70. The number of ether oxygens (including phenoxy) is 1. The van der Waals surface area contributed by atoms with Gasteiger partial charge in [0.05, 0.1) is 6.61 Å². The third-order valence-corrected chi connectivity index (χ3v) is 2.15. The van der Waals surface area contributed by atoms with E-state index in [4.69, 9.17) is 10.00 Å². The lowest BCUT2D eigenvalue weighted by molar-refractivity contribution is -0.138. The molecule has 0 aromatic rings. The molecule has 13 heavy (non-hydrogen) atoms. The quantitative estimate of drug-likeness (QED) is 0.377. The molecule has 0 spiro atoms. The number of hydrogen-bond donors (Lipinski definition) is 0. The summed E-state index contributed by atoms with van der Waals surface area (Å²) in [4.78, 5) is 11.2. The number of hydrogen-bond acceptors (Lipinski definition) is 3. The van der Waals surface area contributed by atoms with Gasteiger partial charge in [-0.1, -0.05) is 13.0 Å². The van der Waals surface area contributed by atoms with Crippen LogP contribution in [0.2, 0.25) is 0 Å². The highest BCUT2D eigenvalue weighted by atomic mass is 16.5. The van der Waals surface area contributed by atoms with Crippen LogP contribution < -0.4 is 0 Å². The predicted molar refractivity (Wildman–Crippen MR) is 47.7 cm³/mol. The zero-order chi connectivity index (χ0) is 9.90. The normalized spacial score (nSPS) is 19.0. The van der Waals surface area contributed by atoms with Gasteiger partial charge >= 0.3 is 5.97 Å². The van der Waals surface area contributed by atoms with Crippen molar-refractivity contribution in [2.45, 2.75) is 26.7 Å². The second-order valence-corrected chi connectivity index (χ2v) is 3.54. The standard InChI is InChI=1S/C10H13NO2/c1-3-13-9(12)8(7-11)6-10(2)4-5-10/h6H,3-5H2,1-2H3/b8-6-. The largest absolute Gasteiger partial charge is 0.462 e. The van der Waals surface area contributed by atoms with E-state index in [1.54, 1.807) is 13.0 Å². The third kappa shape index (κ3) is 2.59. The molecule has 0 heterocycles. The molecule has 3 heteroatoms. The molecular weight excluding hydrogens is 166 g/mol. The van der Waals surface area contributed by atoms with Gasteiger partial charge in [0, 0.05) is 0 Å². The first-order valence-corrected chi connectivity index (χ1v) is 4.41. The van der Waals surface area contributed by atoms with Crippen molar-refractivity contribution >= 4 is 5.97 Å². The van der Waals surface area contributed by atoms with Gasteiger partial charge in [-0.15, -0.1) is 0 Å². The summed E-state index contributed by atoms with van der Waals surface area (Å²) >= 11 is 0. The fourth-order valence-electron chi connectivity index (χ4n) is 1.04. The van der Waals surface area contributed by atoms with Crippen molar-refractivity contribution in [2.24, 2.45) is 5.41 Å². The Balaban J connectivity index is 2.68. The molecular formula is C10H13NO2. The Labute approximate surface area is 78.0 Å². The predicted octanol–water partition coefficient (Wildman–Crippen LogP) is 1.80. The molecule has 1 fully saturated rings. The Kier molecular flexibility index (Phi) is 2.72. The SMILES string of the molecule is CCOC(=O)/C(C#N)=C\C1(C)CC1. The van der Waals surface area contributed by atoms with Crippen molar-refractivity contribution in [1.29, 1.82) is 5.26 Å². The van der Waals surface area contributed by atoms with E-state index in [-0.39, 0.29) is 11.0 Å². The monoisotopic (exact) mass is 179 g/mol. The van der Waals surface area contributed by atoms with Crippen molar-refractivity contribution < 1.29 is 9.53 Å². The number of carbonyl (C=O) groups excluding carboxylic acids is 1. The first kappa shape index (κ1) is 9.79. The van der Waals surface area contributed by atoms with Crippen LogP contribution in [-0.4, -0.2) is 12.6 Å². The van der Waals surface area contributed by atoms with Crippen LogP contribution in [0.25, 0.3) is 0 Å². The Bertz CT molecular complexity index is 282. The average Bonchev–Trinajstić information content (AvgIpc) is 2.81. The fourth-order valence-corrected chi connectivity index (χ4v) is 1.04. The second-order valence-electron chi connectivity index (χ2n) is 3.54. The van der Waals surface area contributed by atoms with Crippen LogP contribution in [0.3, 0.4) is 0 Å². The van der Waals surface area contributed by atoms with Gasteiger partial charge in [-0.25, -0.2) is 4.79 Å². The lowest BCUT2D eigenvalue weighted by atomic mass is 10.1. The molecule has 3 nitrogen and oxygen atoms in total. The zero-order valence-electron chi connectivity index (χ0n) is 7.96. The average molecular weight is 179 g/mol. The summed E-state index contributed by atoms with van der Waals surface area (Å²) in [7, 11) is 0. The molecule has 0 aromatic carbocycles. The molecule has 1 saturated carbocycles. The maximum atomic E-state index is 11.2. The molecule has 0 amide bonds. The van der Waals surface area contributed by atoms with E-state index in [0.717, 1.165) is 12.8 Å². The lowest BCUT2D eigenvalue weighted by Gasteiger charge is -2.02. The highest BCUT2D eigenvalue weighted by molar-refractivity contribution is 5.92. The van der Waals surface area contributed by atoms with Crippen molar-refractivity contribution in [3.05, 3.63) is 11.6 Å². The van der Waals surface area contributed by atoms with Crippen molar-refractivity contribution in [3.63, 3.8) is 0 Å². The van der Waals surface area contributed by atoms with Gasteiger partial charge in [0.2, 0.25) is 0 Å². The van der Waals surface area contributed by atoms with Crippen molar-refractivity contribution in [3.8, 4) is 6.07 Å². The second kappa shape index (κ2) is 3.61. The molecule has 0 aromatic heterocycles. The minimum absolute atomic E-state index is 0.0673. The summed E-state index contributed by atoms with van der Waals surface area (Å²) in [5.41, 5.74) is 0.208. The molecule has 0 N–H and O–H groups in total. The molecule has 0 aliphatic heterocycles. The summed E-state index contributed by atoms with van der Waals surface area (Å²) in [5.74, 6) is -0.502. The molecule has 0 saturated heterocycles. The zero-order valence-corrected chi connectivity index (χ0v) is 7.96. The van der Waals surface area contributed by atoms with E-state index >= 15 is 0 Å². The molecule has 0 bridgehead atoms.